The van der Waals surface area contributed by atoms with E-state index >= 15 is 0 Å². The van der Waals surface area contributed by atoms with Crippen LogP contribution < -0.4 is 4.74 Å². The van der Waals surface area contributed by atoms with Crippen LogP contribution in [0, 0.1) is 0 Å². The number of hydrogen-bond donors (Lipinski definition) is 0. The summed E-state index contributed by atoms with van der Waals surface area (Å²) in [6.07, 6.45) is 0.994. The van der Waals surface area contributed by atoms with Gasteiger partial charge in [-0.05, 0) is 19.1 Å². The molecule has 18 heavy (non-hydrogen) atoms. The zero-order chi connectivity index (χ0) is 13.0. The summed E-state index contributed by atoms with van der Waals surface area (Å²) in [7, 11) is 0. The van der Waals surface area contributed by atoms with Crippen molar-refractivity contribution in [1.29, 1.82) is 0 Å². The molecule has 98 valence electrons. The highest BCUT2D eigenvalue weighted by molar-refractivity contribution is 6.30. The van der Waals surface area contributed by atoms with Crippen LogP contribution >= 0.6 is 11.6 Å². The summed E-state index contributed by atoms with van der Waals surface area (Å²) in [5.41, 5.74) is 0. The molecule has 1 unspecified atom stereocenters. The summed E-state index contributed by atoms with van der Waals surface area (Å²) in [6, 6.07) is 3.41. The number of nitrogens with zero attached hydrogens (tertiary/aromatic N) is 2. The Labute approximate surface area is 111 Å². The number of hydrogen-bond acceptors (Lipinski definition) is 4. The normalized spacial score (nSPS) is 17.3. The minimum absolute atomic E-state index is 0.0572. The van der Waals surface area contributed by atoms with Crippen LogP contribution in [0.2, 0.25) is 5.15 Å². The molecule has 5 nitrogen and oxygen atoms in total. The molecule has 0 N–H and O–H groups in total. The lowest BCUT2D eigenvalue weighted by Gasteiger charge is -2.29. The number of carbonyl (C=O) groups excluding carboxylic acids is 1. The molecule has 2 rings (SSSR count). The first kappa shape index (κ1) is 13.1. The van der Waals surface area contributed by atoms with Gasteiger partial charge in [0.1, 0.15) is 0 Å². The molecule has 0 bridgehead atoms. The first-order valence-electron chi connectivity index (χ1n) is 5.82. The predicted octanol–water partition coefficient (Wildman–Crippen LogP) is 1.36. The van der Waals surface area contributed by atoms with Gasteiger partial charge >= 0.3 is 0 Å². The predicted molar refractivity (Wildman–Crippen MR) is 66.7 cm³/mol. The van der Waals surface area contributed by atoms with Crippen LogP contribution in [0.3, 0.4) is 0 Å². The van der Waals surface area contributed by atoms with Crippen LogP contribution in [0.1, 0.15) is 6.92 Å². The summed E-state index contributed by atoms with van der Waals surface area (Å²) in [4.78, 5) is 17.7. The van der Waals surface area contributed by atoms with Crippen molar-refractivity contribution in [1.82, 2.24) is 9.88 Å². The van der Waals surface area contributed by atoms with Gasteiger partial charge in [0.2, 0.25) is 0 Å². The van der Waals surface area contributed by atoms with Crippen molar-refractivity contribution in [3.8, 4) is 5.75 Å². The summed E-state index contributed by atoms with van der Waals surface area (Å²) in [5.74, 6) is 0.367. The topological polar surface area (TPSA) is 51.7 Å². The van der Waals surface area contributed by atoms with Gasteiger partial charge in [-0.3, -0.25) is 4.79 Å². The molecule has 6 heteroatoms. The van der Waals surface area contributed by atoms with E-state index < -0.39 is 6.10 Å². The zero-order valence-corrected chi connectivity index (χ0v) is 10.9. The van der Waals surface area contributed by atoms with Crippen molar-refractivity contribution in [2.75, 3.05) is 26.3 Å². The highest BCUT2D eigenvalue weighted by Crippen LogP contribution is 2.22. The van der Waals surface area contributed by atoms with Gasteiger partial charge in [-0.15, -0.1) is 0 Å². The third kappa shape index (κ3) is 3.11. The Morgan fingerprint density at radius 2 is 2.28 bits per heavy atom. The zero-order valence-electron chi connectivity index (χ0n) is 10.1. The molecule has 0 saturated carbocycles. The Balaban J connectivity index is 1.96. The Hall–Kier alpha value is -1.33. The number of carbonyl (C=O) groups is 1. The molecule has 1 saturated heterocycles. The number of amides is 1. The number of aromatic nitrogens is 1. The maximum atomic E-state index is 12.1. The molecular weight excluding hydrogens is 256 g/mol. The first-order chi connectivity index (χ1) is 8.68. The van der Waals surface area contributed by atoms with Gasteiger partial charge in [-0.1, -0.05) is 11.6 Å². The summed E-state index contributed by atoms with van der Waals surface area (Å²) in [6.45, 7) is 4.07. The highest BCUT2D eigenvalue weighted by Gasteiger charge is 2.24. The fraction of sp³-hybridized carbons (Fsp3) is 0.500. The maximum absolute atomic E-state index is 12.1. The average Bonchev–Trinajstić information content (AvgIpc) is 2.41. The third-order valence-corrected chi connectivity index (χ3v) is 2.98. The molecule has 2 heterocycles. The van der Waals surface area contributed by atoms with Gasteiger partial charge < -0.3 is 14.4 Å². The molecule has 1 amide bonds. The summed E-state index contributed by atoms with van der Waals surface area (Å²) in [5, 5.41) is 0.263. The van der Waals surface area contributed by atoms with Crippen LogP contribution in [0.5, 0.6) is 5.75 Å². The number of halogens is 1. The van der Waals surface area contributed by atoms with Gasteiger partial charge in [-0.25, -0.2) is 4.98 Å². The van der Waals surface area contributed by atoms with E-state index in [4.69, 9.17) is 21.1 Å². The molecular formula is C12H15ClN2O3. The minimum Gasteiger partial charge on any atom is -0.478 e. The highest BCUT2D eigenvalue weighted by atomic mass is 35.5. The van der Waals surface area contributed by atoms with E-state index in [1.54, 1.807) is 30.2 Å². The lowest BCUT2D eigenvalue weighted by atomic mass is 10.3. The van der Waals surface area contributed by atoms with E-state index in [9.17, 15) is 4.79 Å². The van der Waals surface area contributed by atoms with E-state index in [1.807, 2.05) is 0 Å². The average molecular weight is 271 g/mol. The third-order valence-electron chi connectivity index (χ3n) is 2.70. The summed E-state index contributed by atoms with van der Waals surface area (Å²) >= 11 is 5.88. The molecule has 0 radical (unpaired) electrons. The molecule has 0 aromatic carbocycles. The minimum atomic E-state index is -0.579. The smallest absolute Gasteiger partial charge is 0.263 e. The van der Waals surface area contributed by atoms with Crippen LogP contribution in [0.4, 0.5) is 0 Å². The largest absolute Gasteiger partial charge is 0.478 e. The Morgan fingerprint density at radius 3 is 2.94 bits per heavy atom. The van der Waals surface area contributed by atoms with Crippen molar-refractivity contribution >= 4 is 17.5 Å². The van der Waals surface area contributed by atoms with Gasteiger partial charge in [0.15, 0.2) is 17.0 Å². The second kappa shape index (κ2) is 6.02. The van der Waals surface area contributed by atoms with Crippen molar-refractivity contribution in [2.24, 2.45) is 0 Å². The second-order valence-corrected chi connectivity index (χ2v) is 4.35. The van der Waals surface area contributed by atoms with Crippen LogP contribution in [0.25, 0.3) is 0 Å². The lowest BCUT2D eigenvalue weighted by molar-refractivity contribution is -0.142. The Bertz CT molecular complexity index is 422. The number of ether oxygens (including phenoxy) is 2. The molecule has 1 aromatic heterocycles. The fourth-order valence-corrected chi connectivity index (χ4v) is 1.90. The van der Waals surface area contributed by atoms with Crippen LogP contribution in [-0.2, 0) is 9.53 Å². The molecule has 0 aliphatic carbocycles. The van der Waals surface area contributed by atoms with Crippen molar-refractivity contribution in [3.63, 3.8) is 0 Å². The van der Waals surface area contributed by atoms with Crippen LogP contribution in [0.15, 0.2) is 18.3 Å². The van der Waals surface area contributed by atoms with Crippen LogP contribution in [-0.4, -0.2) is 48.2 Å². The van der Waals surface area contributed by atoms with Crippen molar-refractivity contribution in [3.05, 3.63) is 23.5 Å². The monoisotopic (exact) mass is 270 g/mol. The quantitative estimate of drug-likeness (QED) is 0.779. The van der Waals surface area contributed by atoms with Gasteiger partial charge in [0.25, 0.3) is 5.91 Å². The van der Waals surface area contributed by atoms with E-state index in [1.165, 1.54) is 0 Å². The van der Waals surface area contributed by atoms with E-state index in [0.717, 1.165) is 0 Å². The molecule has 1 atom stereocenters. The molecule has 1 fully saturated rings. The molecule has 1 aliphatic heterocycles. The lowest BCUT2D eigenvalue weighted by Crippen LogP contribution is -2.46. The van der Waals surface area contributed by atoms with Gasteiger partial charge in [0, 0.05) is 19.3 Å². The molecule has 1 aromatic rings. The fourth-order valence-electron chi connectivity index (χ4n) is 1.74. The van der Waals surface area contributed by atoms with Gasteiger partial charge in [-0.2, -0.15) is 0 Å². The summed E-state index contributed by atoms with van der Waals surface area (Å²) < 4.78 is 10.7. The second-order valence-electron chi connectivity index (χ2n) is 3.99. The van der Waals surface area contributed by atoms with E-state index in [0.29, 0.717) is 32.1 Å². The number of pyridine rings is 1. The number of rotatable bonds is 3. The molecule has 0 spiro atoms. The first-order valence-corrected chi connectivity index (χ1v) is 6.20. The van der Waals surface area contributed by atoms with E-state index in [2.05, 4.69) is 4.98 Å². The Kier molecular flexibility index (Phi) is 4.38. The van der Waals surface area contributed by atoms with Crippen molar-refractivity contribution in [2.45, 2.75) is 13.0 Å². The van der Waals surface area contributed by atoms with Gasteiger partial charge in [0.05, 0.1) is 13.2 Å². The maximum Gasteiger partial charge on any atom is 0.263 e. The standard InChI is InChI=1S/C12H15ClN2O3/c1-9(12(16)15-5-7-17-8-6-15)18-10-3-2-4-14-11(10)13/h2-4,9H,5-8H2,1H3. The Morgan fingerprint density at radius 1 is 1.56 bits per heavy atom. The van der Waals surface area contributed by atoms with Crippen molar-refractivity contribution < 1.29 is 14.3 Å². The SMILES string of the molecule is CC(Oc1cccnc1Cl)C(=O)N1CCOCC1. The van der Waals surface area contributed by atoms with E-state index in [-0.39, 0.29) is 11.1 Å². The number of morpholine rings is 1. The molecule has 1 aliphatic rings.